The van der Waals surface area contributed by atoms with Crippen LogP contribution in [-0.2, 0) is 4.79 Å². The van der Waals surface area contributed by atoms with Crippen molar-refractivity contribution in [3.8, 4) is 12.3 Å². The highest BCUT2D eigenvalue weighted by atomic mass is 16.1. The maximum atomic E-state index is 10.6. The van der Waals surface area contributed by atoms with Gasteiger partial charge in [0.15, 0.2) is 0 Å². The minimum Gasteiger partial charge on any atom is -0.345 e. The minimum absolute atomic E-state index is 0.0250. The molecule has 0 fully saturated rings. The summed E-state index contributed by atoms with van der Waals surface area (Å²) in [7, 11) is 0. The summed E-state index contributed by atoms with van der Waals surface area (Å²) in [6, 6.07) is 0. The lowest BCUT2D eigenvalue weighted by Crippen LogP contribution is -2.22. The molecule has 2 nitrogen and oxygen atoms in total. The van der Waals surface area contributed by atoms with Gasteiger partial charge >= 0.3 is 0 Å². The van der Waals surface area contributed by atoms with Gasteiger partial charge in [-0.2, -0.15) is 0 Å². The first-order valence-electron chi connectivity index (χ1n) is 2.80. The summed E-state index contributed by atoms with van der Waals surface area (Å²) >= 11 is 0. The molecular weight excluding hydrogens is 114 g/mol. The first-order valence-corrected chi connectivity index (χ1v) is 2.80. The van der Waals surface area contributed by atoms with Gasteiger partial charge in [-0.3, -0.25) is 4.79 Å². The predicted octanol–water partition coefficient (Wildman–Crippen LogP) is 0.350. The topological polar surface area (TPSA) is 29.1 Å². The zero-order chi connectivity index (χ0) is 7.11. The molecule has 0 rings (SSSR count). The molecule has 49 valence electrons. The molecule has 1 N–H and O–H groups in total. The fraction of sp³-hybridized carbons (Fsp3) is 0.429. The number of carbonyl (C=O) groups is 1. The fourth-order valence-corrected chi connectivity index (χ4v) is 0.399. The summed E-state index contributed by atoms with van der Waals surface area (Å²) in [5.74, 6) is 2.28. The average Bonchev–Trinajstić information content (AvgIpc) is 1.85. The van der Waals surface area contributed by atoms with Gasteiger partial charge in [0.05, 0.1) is 6.54 Å². The van der Waals surface area contributed by atoms with Gasteiger partial charge in [0.2, 0.25) is 5.91 Å². The number of terminal acetylenes is 1. The van der Waals surface area contributed by atoms with E-state index < -0.39 is 0 Å². The van der Waals surface area contributed by atoms with Crippen LogP contribution >= 0.6 is 0 Å². The van der Waals surface area contributed by atoms with E-state index in [1.807, 2.05) is 0 Å². The second-order valence-electron chi connectivity index (χ2n) is 1.58. The van der Waals surface area contributed by atoms with Gasteiger partial charge in [-0.15, -0.1) is 6.42 Å². The molecule has 0 atom stereocenters. The Kier molecular flexibility index (Phi) is 4.61. The molecule has 1 radical (unpaired) electrons. The zero-order valence-corrected chi connectivity index (χ0v) is 5.31. The molecular formula is C7H10NO. The van der Waals surface area contributed by atoms with Crippen molar-refractivity contribution in [1.82, 2.24) is 5.32 Å². The van der Waals surface area contributed by atoms with E-state index in [2.05, 4.69) is 18.2 Å². The summed E-state index contributed by atoms with van der Waals surface area (Å²) in [4.78, 5) is 10.6. The summed E-state index contributed by atoms with van der Waals surface area (Å²) in [5.41, 5.74) is 0. The molecule has 9 heavy (non-hydrogen) atoms. The molecule has 0 spiro atoms. The van der Waals surface area contributed by atoms with E-state index in [1.165, 1.54) is 0 Å². The van der Waals surface area contributed by atoms with Crippen LogP contribution in [0.15, 0.2) is 0 Å². The first kappa shape index (κ1) is 8.03. The predicted molar refractivity (Wildman–Crippen MR) is 36.4 cm³/mol. The van der Waals surface area contributed by atoms with E-state index in [0.29, 0.717) is 19.4 Å². The normalized spacial score (nSPS) is 8.00. The zero-order valence-electron chi connectivity index (χ0n) is 5.31. The third-order valence-electron chi connectivity index (χ3n) is 0.791. The Bertz CT molecular complexity index is 123. The van der Waals surface area contributed by atoms with Crippen LogP contribution in [0.25, 0.3) is 0 Å². The van der Waals surface area contributed by atoms with E-state index in [-0.39, 0.29) is 5.91 Å². The highest BCUT2D eigenvalue weighted by Crippen LogP contribution is 1.82. The molecule has 0 aromatic rings. The van der Waals surface area contributed by atoms with E-state index in [0.717, 1.165) is 0 Å². The molecule has 0 aliphatic heterocycles. The van der Waals surface area contributed by atoms with Crippen molar-refractivity contribution in [2.45, 2.75) is 12.8 Å². The Morgan fingerprint density at radius 2 is 2.44 bits per heavy atom. The van der Waals surface area contributed by atoms with Crippen molar-refractivity contribution in [1.29, 1.82) is 0 Å². The van der Waals surface area contributed by atoms with Crippen molar-refractivity contribution >= 4 is 5.91 Å². The Morgan fingerprint density at radius 3 is 2.89 bits per heavy atom. The second-order valence-corrected chi connectivity index (χ2v) is 1.58. The van der Waals surface area contributed by atoms with Gasteiger partial charge < -0.3 is 5.32 Å². The molecule has 0 aromatic heterocycles. The minimum atomic E-state index is -0.0250. The average molecular weight is 124 g/mol. The summed E-state index contributed by atoms with van der Waals surface area (Å²) in [6.07, 6.45) is 5.97. The number of carbonyl (C=O) groups excluding carboxylic acids is 1. The van der Waals surface area contributed by atoms with Crippen LogP contribution in [0.5, 0.6) is 0 Å². The van der Waals surface area contributed by atoms with Gasteiger partial charge in [-0.05, 0) is 6.42 Å². The monoisotopic (exact) mass is 124 g/mol. The maximum Gasteiger partial charge on any atom is 0.220 e. The maximum absolute atomic E-state index is 10.6. The molecule has 0 bridgehead atoms. The van der Waals surface area contributed by atoms with Crippen LogP contribution in [0.1, 0.15) is 12.8 Å². The fourth-order valence-electron chi connectivity index (χ4n) is 0.399. The van der Waals surface area contributed by atoms with E-state index >= 15 is 0 Å². The summed E-state index contributed by atoms with van der Waals surface area (Å²) in [6.45, 7) is 3.84. The van der Waals surface area contributed by atoms with Crippen molar-refractivity contribution in [2.75, 3.05) is 6.54 Å². The Labute approximate surface area is 55.6 Å². The summed E-state index contributed by atoms with van der Waals surface area (Å²) < 4.78 is 0. The molecule has 0 aliphatic rings. The Hall–Kier alpha value is -0.970. The lowest BCUT2D eigenvalue weighted by atomic mass is 10.3. The van der Waals surface area contributed by atoms with Gasteiger partial charge in [-0.25, -0.2) is 0 Å². The van der Waals surface area contributed by atoms with Crippen LogP contribution in [0.2, 0.25) is 0 Å². The van der Waals surface area contributed by atoms with E-state index in [1.54, 1.807) is 0 Å². The number of hydrogen-bond acceptors (Lipinski definition) is 1. The molecule has 0 aromatic carbocycles. The highest BCUT2D eigenvalue weighted by molar-refractivity contribution is 5.76. The molecule has 2 heteroatoms. The van der Waals surface area contributed by atoms with Crippen LogP contribution in [0, 0.1) is 19.3 Å². The van der Waals surface area contributed by atoms with E-state index in [9.17, 15) is 4.79 Å². The molecule has 0 saturated carbocycles. The smallest absolute Gasteiger partial charge is 0.220 e. The lowest BCUT2D eigenvalue weighted by molar-refractivity contribution is -0.120. The van der Waals surface area contributed by atoms with Crippen LogP contribution < -0.4 is 5.32 Å². The Morgan fingerprint density at radius 1 is 1.78 bits per heavy atom. The quantitative estimate of drug-likeness (QED) is 0.540. The number of rotatable bonds is 3. The number of nitrogens with one attached hydrogen (secondary N) is 1. The molecule has 1 amide bonds. The van der Waals surface area contributed by atoms with Gasteiger partial charge in [0.25, 0.3) is 0 Å². The van der Waals surface area contributed by atoms with Gasteiger partial charge in [0, 0.05) is 6.42 Å². The summed E-state index contributed by atoms with van der Waals surface area (Å²) in [5, 5.41) is 2.52. The largest absolute Gasteiger partial charge is 0.345 e. The first-order chi connectivity index (χ1) is 4.31. The van der Waals surface area contributed by atoms with Crippen LogP contribution in [-0.4, -0.2) is 12.5 Å². The number of hydrogen-bond donors (Lipinski definition) is 1. The lowest BCUT2D eigenvalue weighted by Gasteiger charge is -1.96. The van der Waals surface area contributed by atoms with Gasteiger partial charge in [0.1, 0.15) is 0 Å². The molecule has 0 saturated heterocycles. The van der Waals surface area contributed by atoms with Crippen molar-refractivity contribution in [3.63, 3.8) is 0 Å². The SMILES string of the molecule is C#CCNC(=O)CC[CH2]. The van der Waals surface area contributed by atoms with E-state index in [4.69, 9.17) is 6.42 Å². The van der Waals surface area contributed by atoms with Crippen molar-refractivity contribution < 1.29 is 4.79 Å². The third kappa shape index (κ3) is 4.89. The molecule has 0 heterocycles. The Balaban J connectivity index is 3.19. The van der Waals surface area contributed by atoms with Gasteiger partial charge in [-0.1, -0.05) is 12.8 Å². The standard InChI is InChI=1S/C7H10NO/c1-3-5-7(9)8-6-4-2/h2H,1,3,5-6H2,(H,8,9). The van der Waals surface area contributed by atoms with Crippen LogP contribution in [0.4, 0.5) is 0 Å². The highest BCUT2D eigenvalue weighted by Gasteiger charge is 1.93. The number of amides is 1. The van der Waals surface area contributed by atoms with Crippen molar-refractivity contribution in [2.24, 2.45) is 0 Å². The molecule has 0 unspecified atom stereocenters. The van der Waals surface area contributed by atoms with Crippen LogP contribution in [0.3, 0.4) is 0 Å². The second kappa shape index (κ2) is 5.17. The molecule has 0 aliphatic carbocycles. The third-order valence-corrected chi connectivity index (χ3v) is 0.791. The van der Waals surface area contributed by atoms with Crippen molar-refractivity contribution in [3.05, 3.63) is 6.92 Å².